The van der Waals surface area contributed by atoms with Crippen molar-refractivity contribution in [2.75, 3.05) is 19.6 Å². The van der Waals surface area contributed by atoms with Crippen LogP contribution in [0.25, 0.3) is 16.8 Å². The van der Waals surface area contributed by atoms with E-state index in [9.17, 15) is 0 Å². The molecule has 2 aromatic heterocycles. The Hall–Kier alpha value is -2.69. The molecule has 0 spiro atoms. The number of nitrogens with zero attached hydrogens (tertiary/aromatic N) is 5. The summed E-state index contributed by atoms with van der Waals surface area (Å²) < 4.78 is 9.22. The number of fused-ring (bicyclic) bond motifs is 1. The molecule has 3 heterocycles. The minimum atomic E-state index is 0.445. The second kappa shape index (κ2) is 10.7. The molecule has 1 saturated carbocycles. The number of benzene rings is 2. The molecule has 3 unspecified atom stereocenters. The molecular weight excluding hydrogens is 509 g/mol. The predicted octanol–water partition coefficient (Wildman–Crippen LogP) is 4.00. The average Bonchev–Trinajstić information content (AvgIpc) is 3.54. The number of aromatic nitrogens is 4. The molecule has 7 heteroatoms. The molecule has 1 saturated heterocycles. The molecule has 0 N–H and O–H groups in total. The van der Waals surface area contributed by atoms with Crippen molar-refractivity contribution in [3.05, 3.63) is 72.3 Å². The second-order valence-electron chi connectivity index (χ2n) is 10.3. The maximum atomic E-state index is 6.12. The molecule has 4 aromatic rings. The first-order chi connectivity index (χ1) is 17.7. The van der Waals surface area contributed by atoms with Gasteiger partial charge in [-0.25, -0.2) is 0 Å². The molecule has 6 nitrogen and oxygen atoms in total. The summed E-state index contributed by atoms with van der Waals surface area (Å²) in [6.07, 6.45) is 9.45. The average molecular weight is 544 g/mol. The Morgan fingerprint density at radius 2 is 1.83 bits per heavy atom. The van der Waals surface area contributed by atoms with Gasteiger partial charge in [-0.15, -0.1) is 0 Å². The molecule has 2 aliphatic rings. The van der Waals surface area contributed by atoms with Gasteiger partial charge in [0.25, 0.3) is 0 Å². The van der Waals surface area contributed by atoms with Crippen molar-refractivity contribution in [2.24, 2.45) is 5.92 Å². The molecule has 186 valence electrons. The molecule has 3 atom stereocenters. The number of hydrogen-bond donors (Lipinski definition) is 0. The van der Waals surface area contributed by atoms with Crippen LogP contribution in [-0.2, 0) is 6.61 Å². The van der Waals surface area contributed by atoms with Gasteiger partial charge in [0.1, 0.15) is 0 Å². The van der Waals surface area contributed by atoms with Crippen LogP contribution in [0.15, 0.2) is 60.9 Å². The fourth-order valence-electron chi connectivity index (χ4n) is 5.90. The normalized spacial score (nSPS) is 20.7. The Morgan fingerprint density at radius 1 is 0.972 bits per heavy atom. The van der Waals surface area contributed by atoms with Gasteiger partial charge in [0.05, 0.1) is 0 Å². The summed E-state index contributed by atoms with van der Waals surface area (Å²) in [4.78, 5) is 12.5. The molecule has 2 aromatic carbocycles. The van der Waals surface area contributed by atoms with Gasteiger partial charge in [-0.2, -0.15) is 0 Å². The van der Waals surface area contributed by atoms with Crippen LogP contribution in [0.2, 0.25) is 0 Å². The van der Waals surface area contributed by atoms with Gasteiger partial charge >= 0.3 is 222 Å². The number of hydrogen-bond acceptors (Lipinski definition) is 5. The number of piperidine rings is 1. The second-order valence-corrected chi connectivity index (χ2v) is 11.4. The number of ether oxygens (including phenoxy) is 1. The molecule has 36 heavy (non-hydrogen) atoms. The summed E-state index contributed by atoms with van der Waals surface area (Å²) in [5.74, 6) is 3.14. The van der Waals surface area contributed by atoms with Gasteiger partial charge in [-0.3, -0.25) is 0 Å². The van der Waals surface area contributed by atoms with E-state index in [1.54, 1.807) is 6.33 Å². The number of likely N-dealkylation sites (tertiary alicyclic amines) is 1. The SMILES string of the molecule is [AsH2]c1ncnn2c(C3CCC(CN4CCCCC4)C3)nc(-c3cccc(OCc4ccccc4)c3)c12. The van der Waals surface area contributed by atoms with E-state index in [2.05, 4.69) is 49.8 Å². The molecule has 6 rings (SSSR count). The third kappa shape index (κ3) is 5.07. The van der Waals surface area contributed by atoms with Crippen molar-refractivity contribution in [3.8, 4) is 17.0 Å². The van der Waals surface area contributed by atoms with Crippen molar-refractivity contribution in [3.63, 3.8) is 0 Å². The predicted molar refractivity (Wildman–Crippen MR) is 146 cm³/mol. The molecule has 2 fully saturated rings. The van der Waals surface area contributed by atoms with Crippen LogP contribution in [0.1, 0.15) is 55.8 Å². The van der Waals surface area contributed by atoms with E-state index in [0.29, 0.717) is 12.5 Å². The minimum absolute atomic E-state index is 0.445. The quantitative estimate of drug-likeness (QED) is 0.330. The van der Waals surface area contributed by atoms with E-state index < -0.39 is 0 Å². The van der Waals surface area contributed by atoms with Crippen LogP contribution in [0.3, 0.4) is 0 Å². The molecule has 1 aliphatic heterocycles. The van der Waals surface area contributed by atoms with E-state index >= 15 is 0 Å². The monoisotopic (exact) mass is 543 g/mol. The molecular formula is C29H34AsN5O. The van der Waals surface area contributed by atoms with Gasteiger partial charge in [-0.1, -0.05) is 0 Å². The van der Waals surface area contributed by atoms with Crippen LogP contribution >= 0.6 is 0 Å². The molecule has 0 radical (unpaired) electrons. The Balaban J connectivity index is 1.26. The summed E-state index contributed by atoms with van der Waals surface area (Å²) in [7, 11) is 0. The zero-order valence-electron chi connectivity index (χ0n) is 20.7. The van der Waals surface area contributed by atoms with Gasteiger partial charge in [0.2, 0.25) is 0 Å². The van der Waals surface area contributed by atoms with Gasteiger partial charge < -0.3 is 0 Å². The van der Waals surface area contributed by atoms with Crippen LogP contribution in [-0.4, -0.2) is 61.0 Å². The Bertz CT molecular complexity index is 1320. The van der Waals surface area contributed by atoms with E-state index in [4.69, 9.17) is 9.72 Å². The zero-order valence-corrected chi connectivity index (χ0v) is 23.1. The first-order valence-corrected chi connectivity index (χ1v) is 14.4. The molecule has 0 amide bonds. The standard InChI is InChI=1S/C29H34AsN5O/c30-28-27-26(23-10-7-11-25(17-23)36-19-21-8-3-1-4-9-21)33-29(35(27)32-20-31-28)24-13-12-22(16-24)18-34-14-5-2-6-15-34/h1,3-4,7-11,17,20,22,24H,2,5-6,12-16,18-19,30H2. The first-order valence-electron chi connectivity index (χ1n) is 13.2. The topological polar surface area (TPSA) is 55.5 Å². The third-order valence-corrected chi connectivity index (χ3v) is 8.60. The zero-order chi connectivity index (χ0) is 24.3. The molecule has 0 bridgehead atoms. The Morgan fingerprint density at radius 3 is 2.69 bits per heavy atom. The summed E-state index contributed by atoms with van der Waals surface area (Å²) in [6.45, 7) is 4.33. The van der Waals surface area contributed by atoms with Crippen molar-refractivity contribution >= 4 is 26.9 Å². The van der Waals surface area contributed by atoms with Crippen molar-refractivity contribution in [2.45, 2.75) is 51.0 Å². The van der Waals surface area contributed by atoms with E-state index in [-0.39, 0.29) is 0 Å². The van der Waals surface area contributed by atoms with Crippen LogP contribution in [0.5, 0.6) is 5.75 Å². The summed E-state index contributed by atoms with van der Waals surface area (Å²) in [5.41, 5.74) is 4.22. The van der Waals surface area contributed by atoms with Crippen molar-refractivity contribution < 1.29 is 4.74 Å². The third-order valence-electron chi connectivity index (χ3n) is 7.71. The van der Waals surface area contributed by atoms with Gasteiger partial charge in [0.15, 0.2) is 0 Å². The van der Waals surface area contributed by atoms with Crippen LogP contribution < -0.4 is 9.22 Å². The summed E-state index contributed by atoms with van der Waals surface area (Å²) in [5, 5.41) is 4.68. The fourth-order valence-corrected chi connectivity index (χ4v) is 6.58. The number of rotatable bonds is 7. The van der Waals surface area contributed by atoms with Gasteiger partial charge in [-0.05, 0) is 0 Å². The van der Waals surface area contributed by atoms with E-state index in [1.165, 1.54) is 75.0 Å². The summed E-state index contributed by atoms with van der Waals surface area (Å²) >= 11 is 1.51. The number of imidazole rings is 1. The first kappa shape index (κ1) is 23.7. The Kier molecular flexibility index (Phi) is 7.07. The van der Waals surface area contributed by atoms with E-state index in [1.807, 2.05) is 24.3 Å². The molecule has 1 aliphatic carbocycles. The maximum absolute atomic E-state index is 6.12. The van der Waals surface area contributed by atoms with Crippen LogP contribution in [0.4, 0.5) is 0 Å². The van der Waals surface area contributed by atoms with Crippen molar-refractivity contribution in [1.29, 1.82) is 0 Å². The fraction of sp³-hybridized carbons (Fsp3) is 0.414. The van der Waals surface area contributed by atoms with Crippen LogP contribution in [0, 0.1) is 5.92 Å². The Labute approximate surface area is 221 Å². The van der Waals surface area contributed by atoms with E-state index in [0.717, 1.165) is 44.3 Å². The van der Waals surface area contributed by atoms with Gasteiger partial charge in [0, 0.05) is 0 Å². The van der Waals surface area contributed by atoms with Crippen molar-refractivity contribution in [1.82, 2.24) is 24.5 Å². The summed E-state index contributed by atoms with van der Waals surface area (Å²) in [6, 6.07) is 18.6.